The van der Waals surface area contributed by atoms with Crippen LogP contribution in [0.5, 0.6) is 0 Å². The van der Waals surface area contributed by atoms with E-state index in [9.17, 15) is 0 Å². The molecule has 68 valence electrons. The molecule has 0 fully saturated rings. The van der Waals surface area contributed by atoms with Gasteiger partial charge in [0.15, 0.2) is 0 Å². The van der Waals surface area contributed by atoms with Crippen LogP contribution < -0.4 is 5.46 Å². The summed E-state index contributed by atoms with van der Waals surface area (Å²) in [5.74, 6) is 0. The fourth-order valence-electron chi connectivity index (χ4n) is 2.06. The van der Waals surface area contributed by atoms with Crippen LogP contribution in [-0.2, 0) is 0 Å². The Morgan fingerprint density at radius 1 is 0.600 bits per heavy atom. The molecule has 0 bridgehead atoms. The summed E-state index contributed by atoms with van der Waals surface area (Å²) in [5.41, 5.74) is 0.846. The molecule has 15 heavy (non-hydrogen) atoms. The third-order valence-electron chi connectivity index (χ3n) is 2.82. The molecule has 0 saturated heterocycles. The summed E-state index contributed by atoms with van der Waals surface area (Å²) in [6, 6.07) is 18.6. The molecule has 0 unspecified atom stereocenters. The van der Waals surface area contributed by atoms with Gasteiger partial charge in [0, 0.05) is 0 Å². The number of benzene rings is 3. The van der Waals surface area contributed by atoms with E-state index in [1.165, 1.54) is 16.2 Å². The lowest BCUT2D eigenvalue weighted by molar-refractivity contribution is 1.79. The summed E-state index contributed by atoms with van der Waals surface area (Å²) in [6.07, 6.45) is 0. The molecule has 0 nitrogen and oxygen atoms in total. The van der Waals surface area contributed by atoms with Gasteiger partial charge >= 0.3 is 0 Å². The maximum absolute atomic E-state index is 5.95. The second-order valence-corrected chi connectivity index (χ2v) is 3.73. The third-order valence-corrected chi connectivity index (χ3v) is 2.82. The van der Waals surface area contributed by atoms with Crippen molar-refractivity contribution in [2.24, 2.45) is 0 Å². The summed E-state index contributed by atoms with van der Waals surface area (Å²) >= 11 is 0. The SMILES string of the molecule is [B]c1cccc2c1ccc1ccccc12. The lowest BCUT2D eigenvalue weighted by Crippen LogP contribution is -2.02. The van der Waals surface area contributed by atoms with Crippen molar-refractivity contribution >= 4 is 34.9 Å². The van der Waals surface area contributed by atoms with Crippen LogP contribution in [0.15, 0.2) is 54.6 Å². The van der Waals surface area contributed by atoms with Crippen LogP contribution in [0.4, 0.5) is 0 Å². The molecule has 0 N–H and O–H groups in total. The van der Waals surface area contributed by atoms with Crippen LogP contribution >= 0.6 is 0 Å². The van der Waals surface area contributed by atoms with Gasteiger partial charge in [-0.15, -0.1) is 0 Å². The molecule has 0 amide bonds. The van der Waals surface area contributed by atoms with Crippen molar-refractivity contribution in [1.29, 1.82) is 0 Å². The van der Waals surface area contributed by atoms with Crippen LogP contribution in [0.25, 0.3) is 21.5 Å². The van der Waals surface area contributed by atoms with Gasteiger partial charge in [-0.1, -0.05) is 60.1 Å². The van der Waals surface area contributed by atoms with Gasteiger partial charge in [-0.3, -0.25) is 0 Å². The average molecular weight is 188 g/mol. The van der Waals surface area contributed by atoms with Gasteiger partial charge in [-0.25, -0.2) is 0 Å². The molecule has 0 atom stereocenters. The van der Waals surface area contributed by atoms with Gasteiger partial charge in [-0.05, 0) is 21.5 Å². The Morgan fingerprint density at radius 2 is 1.40 bits per heavy atom. The Morgan fingerprint density at radius 3 is 2.33 bits per heavy atom. The van der Waals surface area contributed by atoms with Crippen molar-refractivity contribution in [3.8, 4) is 0 Å². The fraction of sp³-hybridized carbons (Fsp3) is 0. The highest BCUT2D eigenvalue weighted by Gasteiger charge is 2.00. The van der Waals surface area contributed by atoms with Crippen molar-refractivity contribution in [3.05, 3.63) is 54.6 Å². The first-order valence-corrected chi connectivity index (χ1v) is 5.02. The summed E-state index contributed by atoms with van der Waals surface area (Å²) in [6.45, 7) is 0. The lowest BCUT2D eigenvalue weighted by atomic mass is 9.88. The zero-order valence-corrected chi connectivity index (χ0v) is 8.27. The molecule has 1 heteroatoms. The van der Waals surface area contributed by atoms with Crippen LogP contribution in [0, 0.1) is 0 Å². The molecule has 3 aromatic carbocycles. The predicted octanol–water partition coefficient (Wildman–Crippen LogP) is 2.79. The molecule has 0 aliphatic rings. The highest BCUT2D eigenvalue weighted by Crippen LogP contribution is 2.23. The van der Waals surface area contributed by atoms with E-state index in [4.69, 9.17) is 7.85 Å². The Bertz CT molecular complexity index is 641. The second-order valence-electron chi connectivity index (χ2n) is 3.73. The molecule has 0 saturated carbocycles. The molecule has 0 aromatic heterocycles. The minimum atomic E-state index is 0.846. The van der Waals surface area contributed by atoms with Gasteiger partial charge in [-0.2, -0.15) is 0 Å². The van der Waals surface area contributed by atoms with Gasteiger partial charge in [0.2, 0.25) is 0 Å². The third kappa shape index (κ3) is 1.24. The van der Waals surface area contributed by atoms with Crippen molar-refractivity contribution in [2.75, 3.05) is 0 Å². The molecule has 0 aliphatic carbocycles. The first-order chi connectivity index (χ1) is 7.36. The molecule has 0 spiro atoms. The first kappa shape index (κ1) is 8.54. The lowest BCUT2D eigenvalue weighted by Gasteiger charge is -2.05. The maximum Gasteiger partial charge on any atom is 0.114 e. The number of rotatable bonds is 0. The van der Waals surface area contributed by atoms with Crippen LogP contribution in [0.1, 0.15) is 0 Å². The molecular weight excluding hydrogens is 179 g/mol. The normalized spacial score (nSPS) is 10.9. The molecular formula is C14H9B. The topological polar surface area (TPSA) is 0 Å². The first-order valence-electron chi connectivity index (χ1n) is 5.02. The van der Waals surface area contributed by atoms with Gasteiger partial charge in [0.25, 0.3) is 0 Å². The monoisotopic (exact) mass is 188 g/mol. The van der Waals surface area contributed by atoms with Crippen molar-refractivity contribution in [3.63, 3.8) is 0 Å². The average Bonchev–Trinajstić information content (AvgIpc) is 2.29. The summed E-state index contributed by atoms with van der Waals surface area (Å²) in [7, 11) is 5.95. The minimum absolute atomic E-state index is 0.846. The number of hydrogen-bond donors (Lipinski definition) is 0. The quantitative estimate of drug-likeness (QED) is 0.376. The number of hydrogen-bond acceptors (Lipinski definition) is 0. The molecule has 3 aromatic rings. The summed E-state index contributed by atoms with van der Waals surface area (Å²) < 4.78 is 0. The van der Waals surface area contributed by atoms with Crippen LogP contribution in [-0.4, -0.2) is 7.85 Å². The maximum atomic E-state index is 5.95. The zero-order chi connectivity index (χ0) is 10.3. The van der Waals surface area contributed by atoms with E-state index in [0.717, 1.165) is 10.8 Å². The predicted molar refractivity (Wildman–Crippen MR) is 66.8 cm³/mol. The highest BCUT2D eigenvalue weighted by atomic mass is 14.0. The van der Waals surface area contributed by atoms with Gasteiger partial charge < -0.3 is 0 Å². The number of fused-ring (bicyclic) bond motifs is 3. The summed E-state index contributed by atoms with van der Waals surface area (Å²) in [5, 5.41) is 4.89. The van der Waals surface area contributed by atoms with E-state index in [0.29, 0.717) is 0 Å². The van der Waals surface area contributed by atoms with Gasteiger partial charge in [0.1, 0.15) is 7.85 Å². The zero-order valence-electron chi connectivity index (χ0n) is 8.27. The molecule has 0 aliphatic heterocycles. The Balaban J connectivity index is 2.60. The van der Waals surface area contributed by atoms with E-state index >= 15 is 0 Å². The summed E-state index contributed by atoms with van der Waals surface area (Å²) in [4.78, 5) is 0. The second kappa shape index (κ2) is 3.13. The van der Waals surface area contributed by atoms with E-state index in [2.05, 4.69) is 42.5 Å². The van der Waals surface area contributed by atoms with Crippen LogP contribution in [0.3, 0.4) is 0 Å². The van der Waals surface area contributed by atoms with Crippen molar-refractivity contribution in [2.45, 2.75) is 0 Å². The molecule has 0 heterocycles. The molecule has 2 radical (unpaired) electrons. The van der Waals surface area contributed by atoms with E-state index in [1.54, 1.807) is 0 Å². The van der Waals surface area contributed by atoms with Gasteiger partial charge in [0.05, 0.1) is 0 Å². The fourth-order valence-corrected chi connectivity index (χ4v) is 2.06. The van der Waals surface area contributed by atoms with Crippen molar-refractivity contribution < 1.29 is 0 Å². The van der Waals surface area contributed by atoms with E-state index in [-0.39, 0.29) is 0 Å². The minimum Gasteiger partial charge on any atom is -0.0890 e. The van der Waals surface area contributed by atoms with E-state index in [1.807, 2.05) is 12.1 Å². The smallest absolute Gasteiger partial charge is 0.0890 e. The van der Waals surface area contributed by atoms with Crippen LogP contribution in [0.2, 0.25) is 0 Å². The van der Waals surface area contributed by atoms with Crippen molar-refractivity contribution in [1.82, 2.24) is 0 Å². The Labute approximate surface area is 89.9 Å². The largest absolute Gasteiger partial charge is 0.114 e. The Hall–Kier alpha value is -1.76. The standard InChI is InChI=1S/C14H9B/c15-14-7-3-6-12-11-5-2-1-4-10(11)8-9-13(12)14/h1-9H. The molecule has 3 rings (SSSR count). The van der Waals surface area contributed by atoms with E-state index < -0.39 is 0 Å². The Kier molecular flexibility index (Phi) is 1.78. The highest BCUT2D eigenvalue weighted by molar-refractivity contribution is 6.39.